The Hall–Kier alpha value is -1.04. The van der Waals surface area contributed by atoms with E-state index in [-0.39, 0.29) is 17.0 Å². The van der Waals surface area contributed by atoms with Gasteiger partial charge in [-0.15, -0.1) is 0 Å². The average Bonchev–Trinajstić information content (AvgIpc) is 2.05. The van der Waals surface area contributed by atoms with E-state index in [1.807, 2.05) is 0 Å². The van der Waals surface area contributed by atoms with Crippen LogP contribution in [0.2, 0.25) is 0 Å². The summed E-state index contributed by atoms with van der Waals surface area (Å²) in [6.45, 7) is 0. The minimum atomic E-state index is -4.45. The standard InChI is InChI=1S/C9H10F3NOS/c1-15(14)5-6-2-3-7(13)4-8(6)9(10,11)12/h2-4H,5,13H2,1H3. The van der Waals surface area contributed by atoms with Crippen molar-refractivity contribution < 1.29 is 17.4 Å². The maximum absolute atomic E-state index is 12.5. The highest BCUT2D eigenvalue weighted by Crippen LogP contribution is 2.33. The molecule has 84 valence electrons. The highest BCUT2D eigenvalue weighted by molar-refractivity contribution is 7.83. The van der Waals surface area contributed by atoms with Gasteiger partial charge in [0.05, 0.1) is 5.56 Å². The number of nitrogens with two attached hydrogens (primary N) is 1. The molecule has 0 aliphatic rings. The van der Waals surface area contributed by atoms with Crippen LogP contribution in [-0.2, 0) is 22.7 Å². The Bertz CT molecular complexity index is 389. The largest absolute Gasteiger partial charge is 0.416 e. The van der Waals surface area contributed by atoms with Gasteiger partial charge in [0.15, 0.2) is 0 Å². The minimum Gasteiger partial charge on any atom is -0.399 e. The van der Waals surface area contributed by atoms with Crippen LogP contribution in [0.3, 0.4) is 0 Å². The number of benzene rings is 1. The van der Waals surface area contributed by atoms with Crippen LogP contribution in [-0.4, -0.2) is 10.5 Å². The Labute approximate surface area is 87.7 Å². The van der Waals surface area contributed by atoms with E-state index >= 15 is 0 Å². The molecule has 0 spiro atoms. The molecular weight excluding hydrogens is 227 g/mol. The molecule has 15 heavy (non-hydrogen) atoms. The van der Waals surface area contributed by atoms with E-state index in [2.05, 4.69) is 0 Å². The van der Waals surface area contributed by atoms with Gasteiger partial charge in [-0.2, -0.15) is 13.2 Å². The molecule has 0 aliphatic carbocycles. The quantitative estimate of drug-likeness (QED) is 0.801. The molecule has 1 atom stereocenters. The Morgan fingerprint density at radius 1 is 1.40 bits per heavy atom. The van der Waals surface area contributed by atoms with Crippen LogP contribution in [0.4, 0.5) is 18.9 Å². The summed E-state index contributed by atoms with van der Waals surface area (Å²) in [6, 6.07) is 3.50. The van der Waals surface area contributed by atoms with Gasteiger partial charge in [0.25, 0.3) is 0 Å². The molecule has 2 N–H and O–H groups in total. The average molecular weight is 237 g/mol. The lowest BCUT2D eigenvalue weighted by molar-refractivity contribution is -0.138. The third-order valence-corrected chi connectivity index (χ3v) is 2.52. The molecular formula is C9H10F3NOS. The second-order valence-electron chi connectivity index (χ2n) is 3.13. The lowest BCUT2D eigenvalue weighted by atomic mass is 10.1. The van der Waals surface area contributed by atoms with E-state index < -0.39 is 22.5 Å². The molecule has 0 amide bonds. The number of alkyl halides is 3. The van der Waals surface area contributed by atoms with Crippen LogP contribution in [0.25, 0.3) is 0 Å². The highest BCUT2D eigenvalue weighted by Gasteiger charge is 2.33. The number of halogens is 3. The molecule has 0 heterocycles. The van der Waals surface area contributed by atoms with E-state index in [1.165, 1.54) is 18.4 Å². The molecule has 6 heteroatoms. The van der Waals surface area contributed by atoms with Crippen molar-refractivity contribution in [3.05, 3.63) is 29.3 Å². The maximum Gasteiger partial charge on any atom is 0.416 e. The van der Waals surface area contributed by atoms with E-state index in [1.54, 1.807) is 0 Å². The number of rotatable bonds is 2. The predicted molar refractivity (Wildman–Crippen MR) is 53.6 cm³/mol. The third kappa shape index (κ3) is 3.23. The first kappa shape index (κ1) is 12.0. The molecule has 1 aromatic rings. The fourth-order valence-corrected chi connectivity index (χ4v) is 1.89. The maximum atomic E-state index is 12.5. The number of anilines is 1. The lowest BCUT2D eigenvalue weighted by Gasteiger charge is -2.12. The first-order valence-corrected chi connectivity index (χ1v) is 5.79. The predicted octanol–water partition coefficient (Wildman–Crippen LogP) is 2.17. The topological polar surface area (TPSA) is 43.1 Å². The minimum absolute atomic E-state index is 0.0116. The van der Waals surface area contributed by atoms with Gasteiger partial charge in [-0.3, -0.25) is 4.21 Å². The van der Waals surface area contributed by atoms with Crippen molar-refractivity contribution in [2.24, 2.45) is 0 Å². The van der Waals surface area contributed by atoms with Crippen LogP contribution >= 0.6 is 0 Å². The van der Waals surface area contributed by atoms with Crippen LogP contribution in [0.5, 0.6) is 0 Å². The van der Waals surface area contributed by atoms with Crippen LogP contribution in [0, 0.1) is 0 Å². The molecule has 0 saturated heterocycles. The van der Waals surface area contributed by atoms with Crippen molar-refractivity contribution in [1.29, 1.82) is 0 Å². The zero-order valence-electron chi connectivity index (χ0n) is 7.97. The second kappa shape index (κ2) is 4.22. The van der Waals surface area contributed by atoms with Gasteiger partial charge in [0, 0.05) is 28.5 Å². The Balaban J connectivity index is 3.20. The Morgan fingerprint density at radius 2 is 2.00 bits per heavy atom. The second-order valence-corrected chi connectivity index (χ2v) is 4.57. The molecule has 0 fully saturated rings. The first-order valence-electron chi connectivity index (χ1n) is 4.06. The van der Waals surface area contributed by atoms with Crippen LogP contribution in [0.1, 0.15) is 11.1 Å². The molecule has 0 saturated carbocycles. The molecule has 1 unspecified atom stereocenters. The van der Waals surface area contributed by atoms with Gasteiger partial charge in [0.2, 0.25) is 0 Å². The smallest absolute Gasteiger partial charge is 0.399 e. The van der Waals surface area contributed by atoms with E-state index in [0.29, 0.717) is 0 Å². The van der Waals surface area contributed by atoms with Crippen molar-refractivity contribution >= 4 is 16.5 Å². The van der Waals surface area contributed by atoms with Crippen molar-refractivity contribution in [2.45, 2.75) is 11.9 Å². The zero-order chi connectivity index (χ0) is 11.6. The summed E-state index contributed by atoms with van der Waals surface area (Å²) in [7, 11) is -1.31. The summed E-state index contributed by atoms with van der Waals surface area (Å²) in [4.78, 5) is 0. The first-order chi connectivity index (χ1) is 6.80. The summed E-state index contributed by atoms with van der Waals surface area (Å²) in [5, 5.41) is 0. The Morgan fingerprint density at radius 3 is 2.47 bits per heavy atom. The van der Waals surface area contributed by atoms with Crippen molar-refractivity contribution in [3.63, 3.8) is 0 Å². The monoisotopic (exact) mass is 237 g/mol. The molecule has 1 rings (SSSR count). The van der Waals surface area contributed by atoms with Crippen LogP contribution in [0.15, 0.2) is 18.2 Å². The highest BCUT2D eigenvalue weighted by atomic mass is 32.2. The fourth-order valence-electron chi connectivity index (χ4n) is 1.20. The molecule has 0 aliphatic heterocycles. The van der Waals surface area contributed by atoms with Crippen molar-refractivity contribution in [2.75, 3.05) is 12.0 Å². The van der Waals surface area contributed by atoms with Gasteiger partial charge in [-0.25, -0.2) is 0 Å². The van der Waals surface area contributed by atoms with Gasteiger partial charge in [-0.05, 0) is 17.7 Å². The fraction of sp³-hybridized carbons (Fsp3) is 0.333. The van der Waals surface area contributed by atoms with Crippen molar-refractivity contribution in [3.8, 4) is 0 Å². The number of nitrogen functional groups attached to an aromatic ring is 1. The van der Waals surface area contributed by atoms with Gasteiger partial charge in [-0.1, -0.05) is 6.07 Å². The number of hydrogen-bond donors (Lipinski definition) is 1. The lowest BCUT2D eigenvalue weighted by Crippen LogP contribution is -2.11. The SMILES string of the molecule is CS(=O)Cc1ccc(N)cc1C(F)(F)F. The van der Waals surface area contributed by atoms with Crippen molar-refractivity contribution in [1.82, 2.24) is 0 Å². The molecule has 0 radical (unpaired) electrons. The summed E-state index contributed by atoms with van der Waals surface area (Å²) in [5.74, 6) is -0.116. The Kier molecular flexibility index (Phi) is 3.38. The molecule has 0 aromatic heterocycles. The van der Waals surface area contributed by atoms with E-state index in [4.69, 9.17) is 5.73 Å². The normalized spacial score (nSPS) is 13.9. The van der Waals surface area contributed by atoms with E-state index in [9.17, 15) is 17.4 Å². The van der Waals surface area contributed by atoms with Gasteiger partial charge >= 0.3 is 6.18 Å². The molecule has 1 aromatic carbocycles. The molecule has 2 nitrogen and oxygen atoms in total. The summed E-state index contributed by atoms with van der Waals surface area (Å²) >= 11 is 0. The number of hydrogen-bond acceptors (Lipinski definition) is 2. The summed E-state index contributed by atoms with van der Waals surface area (Å²) < 4.78 is 48.5. The third-order valence-electron chi connectivity index (χ3n) is 1.80. The molecule has 0 bridgehead atoms. The zero-order valence-corrected chi connectivity index (χ0v) is 8.78. The van der Waals surface area contributed by atoms with E-state index in [0.717, 1.165) is 6.07 Å². The summed E-state index contributed by atoms with van der Waals surface area (Å²) in [5.41, 5.74) is 4.53. The van der Waals surface area contributed by atoms with Crippen LogP contribution < -0.4 is 5.73 Å². The summed E-state index contributed by atoms with van der Waals surface area (Å²) in [6.07, 6.45) is -3.10. The van der Waals surface area contributed by atoms with Gasteiger partial charge < -0.3 is 5.73 Å². The van der Waals surface area contributed by atoms with Gasteiger partial charge in [0.1, 0.15) is 0 Å².